The molecule has 0 bridgehead atoms. The van der Waals surface area contributed by atoms with Crippen LogP contribution in [0.3, 0.4) is 0 Å². The number of methoxy groups -OCH3 is 1. The lowest BCUT2D eigenvalue weighted by molar-refractivity contribution is 0.0698. The number of carbonyl (C=O) groups excluding carboxylic acids is 1. The molecule has 1 saturated carbocycles. The van der Waals surface area contributed by atoms with Crippen LogP contribution in [0.1, 0.15) is 36.0 Å². The van der Waals surface area contributed by atoms with E-state index in [9.17, 15) is 4.79 Å². The number of nitrogens with zero attached hydrogens (tertiary/aromatic N) is 2. The van der Waals surface area contributed by atoms with Gasteiger partial charge in [-0.2, -0.15) is 0 Å². The van der Waals surface area contributed by atoms with E-state index >= 15 is 0 Å². The van der Waals surface area contributed by atoms with Gasteiger partial charge in [0, 0.05) is 25.9 Å². The first-order valence-electron chi connectivity index (χ1n) is 7.76. The molecule has 2 rings (SSSR count). The number of amides is 1. The van der Waals surface area contributed by atoms with Gasteiger partial charge in [-0.3, -0.25) is 4.79 Å². The minimum absolute atomic E-state index is 0.0349. The van der Waals surface area contributed by atoms with E-state index in [4.69, 9.17) is 9.47 Å². The molecular weight excluding hydrogens is 280 g/mol. The van der Waals surface area contributed by atoms with E-state index in [1.165, 1.54) is 12.8 Å². The van der Waals surface area contributed by atoms with Gasteiger partial charge in [-0.25, -0.2) is 4.98 Å². The summed E-state index contributed by atoms with van der Waals surface area (Å²) in [5.74, 6) is 0.337. The molecule has 22 heavy (non-hydrogen) atoms. The Hall–Kier alpha value is -1.88. The lowest BCUT2D eigenvalue weighted by Crippen LogP contribution is -2.39. The van der Waals surface area contributed by atoms with Gasteiger partial charge < -0.3 is 14.4 Å². The summed E-state index contributed by atoms with van der Waals surface area (Å²) in [7, 11) is 1.61. The van der Waals surface area contributed by atoms with Crippen molar-refractivity contribution < 1.29 is 14.3 Å². The molecule has 0 atom stereocenters. The zero-order chi connectivity index (χ0) is 15.8. The lowest BCUT2D eigenvalue weighted by Gasteiger charge is -2.28. The van der Waals surface area contributed by atoms with Crippen LogP contribution in [0.25, 0.3) is 0 Å². The van der Waals surface area contributed by atoms with Crippen molar-refractivity contribution in [2.75, 3.05) is 26.9 Å². The summed E-state index contributed by atoms with van der Waals surface area (Å²) in [4.78, 5) is 19.0. The summed E-state index contributed by atoms with van der Waals surface area (Å²) in [5, 5.41) is 0. The van der Waals surface area contributed by atoms with E-state index < -0.39 is 0 Å². The van der Waals surface area contributed by atoms with E-state index in [0.717, 1.165) is 12.8 Å². The maximum atomic E-state index is 12.9. The van der Waals surface area contributed by atoms with Gasteiger partial charge >= 0.3 is 0 Å². The molecule has 5 nitrogen and oxygen atoms in total. The van der Waals surface area contributed by atoms with Crippen LogP contribution in [0.2, 0.25) is 0 Å². The fourth-order valence-electron chi connectivity index (χ4n) is 2.80. The van der Waals surface area contributed by atoms with Gasteiger partial charge in [-0.1, -0.05) is 18.9 Å². The normalized spacial score (nSPS) is 14.8. The van der Waals surface area contributed by atoms with E-state index in [0.29, 0.717) is 31.2 Å². The van der Waals surface area contributed by atoms with Crippen LogP contribution >= 0.6 is 0 Å². The number of ether oxygens (including phenoxy) is 2. The number of hydrogen-bond acceptors (Lipinski definition) is 4. The largest absolute Gasteiger partial charge is 0.475 e. The molecule has 0 aliphatic heterocycles. The van der Waals surface area contributed by atoms with Gasteiger partial charge in [0.05, 0.1) is 6.61 Å². The third-order valence-electron chi connectivity index (χ3n) is 3.88. The Labute approximate surface area is 131 Å². The second-order valence-electron chi connectivity index (χ2n) is 5.38. The van der Waals surface area contributed by atoms with E-state index in [1.54, 1.807) is 31.5 Å². The minimum Gasteiger partial charge on any atom is -0.475 e. The van der Waals surface area contributed by atoms with Crippen LogP contribution in [-0.4, -0.2) is 48.7 Å². The average Bonchev–Trinajstić information content (AvgIpc) is 3.07. The standard InChI is InChI=1S/C17H24N2O3/c1-3-11-19(14-7-4-5-8-14)17(20)15-9-6-10-18-16(15)22-13-12-21-2/h3,6,9-10,14H,1,4-5,7-8,11-13H2,2H3. The molecule has 5 heteroatoms. The predicted octanol–water partition coefficient (Wildman–Crippen LogP) is 2.68. The van der Waals surface area contributed by atoms with Crippen molar-refractivity contribution in [2.24, 2.45) is 0 Å². The topological polar surface area (TPSA) is 51.7 Å². The summed E-state index contributed by atoms with van der Waals surface area (Å²) in [6.45, 7) is 5.16. The first-order chi connectivity index (χ1) is 10.8. The van der Waals surface area contributed by atoms with Crippen LogP contribution < -0.4 is 4.74 Å². The third kappa shape index (κ3) is 4.07. The highest BCUT2D eigenvalue weighted by molar-refractivity contribution is 5.96. The Morgan fingerprint density at radius 3 is 2.91 bits per heavy atom. The van der Waals surface area contributed by atoms with Crippen molar-refractivity contribution >= 4 is 5.91 Å². The highest BCUT2D eigenvalue weighted by Crippen LogP contribution is 2.26. The van der Waals surface area contributed by atoms with Gasteiger partial charge in [0.15, 0.2) is 0 Å². The molecule has 0 unspecified atom stereocenters. The van der Waals surface area contributed by atoms with Gasteiger partial charge in [0.25, 0.3) is 5.91 Å². The van der Waals surface area contributed by atoms with E-state index in [2.05, 4.69) is 11.6 Å². The predicted molar refractivity (Wildman–Crippen MR) is 85.1 cm³/mol. The fourth-order valence-corrected chi connectivity index (χ4v) is 2.80. The maximum Gasteiger partial charge on any atom is 0.259 e. The smallest absolute Gasteiger partial charge is 0.259 e. The quantitative estimate of drug-likeness (QED) is 0.547. The number of aromatic nitrogens is 1. The van der Waals surface area contributed by atoms with Crippen molar-refractivity contribution in [3.63, 3.8) is 0 Å². The molecule has 0 N–H and O–H groups in total. The van der Waals surface area contributed by atoms with Crippen LogP contribution in [0, 0.1) is 0 Å². The molecule has 0 radical (unpaired) electrons. The molecule has 0 spiro atoms. The molecule has 0 aromatic carbocycles. The Kier molecular flexibility index (Phi) is 6.40. The summed E-state index contributed by atoms with van der Waals surface area (Å²) >= 11 is 0. The third-order valence-corrected chi connectivity index (χ3v) is 3.88. The molecule has 0 saturated heterocycles. The molecule has 1 aliphatic rings. The summed E-state index contributed by atoms with van der Waals surface area (Å²) in [5.41, 5.74) is 0.507. The van der Waals surface area contributed by atoms with Crippen LogP contribution in [0.5, 0.6) is 5.88 Å². The Morgan fingerprint density at radius 2 is 2.23 bits per heavy atom. The molecule has 120 valence electrons. The molecular formula is C17H24N2O3. The van der Waals surface area contributed by atoms with Crippen molar-refractivity contribution in [3.8, 4) is 5.88 Å². The van der Waals surface area contributed by atoms with Crippen LogP contribution in [-0.2, 0) is 4.74 Å². The Bertz CT molecular complexity index is 498. The molecule has 1 aromatic rings. The minimum atomic E-state index is -0.0349. The molecule has 1 aliphatic carbocycles. The first kappa shape index (κ1) is 16.5. The van der Waals surface area contributed by atoms with Gasteiger partial charge in [-0.15, -0.1) is 6.58 Å². The summed E-state index contributed by atoms with van der Waals surface area (Å²) < 4.78 is 10.6. The highest BCUT2D eigenvalue weighted by atomic mass is 16.5. The van der Waals surface area contributed by atoms with E-state index in [1.807, 2.05) is 4.90 Å². The summed E-state index contributed by atoms with van der Waals surface area (Å²) in [6, 6.07) is 3.82. The van der Waals surface area contributed by atoms with Crippen molar-refractivity contribution in [1.82, 2.24) is 9.88 Å². The second kappa shape index (κ2) is 8.54. The zero-order valence-electron chi connectivity index (χ0n) is 13.2. The second-order valence-corrected chi connectivity index (χ2v) is 5.38. The van der Waals surface area contributed by atoms with Crippen molar-refractivity contribution in [3.05, 3.63) is 36.5 Å². The molecule has 1 fully saturated rings. The number of hydrogen-bond donors (Lipinski definition) is 0. The first-order valence-corrected chi connectivity index (χ1v) is 7.76. The van der Waals surface area contributed by atoms with Crippen molar-refractivity contribution in [2.45, 2.75) is 31.7 Å². The van der Waals surface area contributed by atoms with Gasteiger partial charge in [0.1, 0.15) is 12.2 Å². The average molecular weight is 304 g/mol. The Balaban J connectivity index is 2.16. The van der Waals surface area contributed by atoms with Gasteiger partial charge in [-0.05, 0) is 25.0 Å². The number of pyridine rings is 1. The SMILES string of the molecule is C=CCN(C(=O)c1cccnc1OCCOC)C1CCCC1. The van der Waals surface area contributed by atoms with Crippen LogP contribution in [0.15, 0.2) is 31.0 Å². The fraction of sp³-hybridized carbons (Fsp3) is 0.529. The molecule has 1 aromatic heterocycles. The summed E-state index contributed by atoms with van der Waals surface area (Å²) in [6.07, 6.45) is 7.87. The molecule has 1 amide bonds. The monoisotopic (exact) mass is 304 g/mol. The number of rotatable bonds is 8. The van der Waals surface area contributed by atoms with Crippen LogP contribution in [0.4, 0.5) is 0 Å². The lowest BCUT2D eigenvalue weighted by atomic mass is 10.1. The van der Waals surface area contributed by atoms with E-state index in [-0.39, 0.29) is 11.9 Å². The Morgan fingerprint density at radius 1 is 1.45 bits per heavy atom. The highest BCUT2D eigenvalue weighted by Gasteiger charge is 2.28. The zero-order valence-corrected chi connectivity index (χ0v) is 13.2. The van der Waals surface area contributed by atoms with Gasteiger partial charge in [0.2, 0.25) is 5.88 Å². The maximum absolute atomic E-state index is 12.9. The number of carbonyl (C=O) groups is 1. The van der Waals surface area contributed by atoms with Crippen molar-refractivity contribution in [1.29, 1.82) is 0 Å². The molecule has 1 heterocycles.